The van der Waals surface area contributed by atoms with Gasteiger partial charge in [0.1, 0.15) is 23.4 Å². The predicted octanol–water partition coefficient (Wildman–Crippen LogP) is 4.31. The van der Waals surface area contributed by atoms with E-state index in [4.69, 9.17) is 4.74 Å². The summed E-state index contributed by atoms with van der Waals surface area (Å²) >= 11 is 0. The average Bonchev–Trinajstić information content (AvgIpc) is 2.85. The molecule has 9 heteroatoms. The van der Waals surface area contributed by atoms with Gasteiger partial charge in [0.25, 0.3) is 0 Å². The Balaban J connectivity index is 2.55. The van der Waals surface area contributed by atoms with Crippen LogP contribution in [0.4, 0.5) is 4.79 Å². The number of aliphatic hydroxyl groups is 1. The van der Waals surface area contributed by atoms with Gasteiger partial charge in [-0.25, -0.2) is 4.79 Å². The standard InChI is InChI=1S/C31H45N3O6/c1-8-9-22(4)32-28(37)27(24-13-10-20(2)21(3)18-24)34(16-17-35)29(38)26(33-30(39)40-31(5,6)7)19-23-11-14-25(36)15-12-23/h10-15,18,22,26-27,35-36H,8-9,16-17,19H2,1-7H3,(H,32,37)(H,33,39). The van der Waals surface area contributed by atoms with Crippen LogP contribution in [0.3, 0.4) is 0 Å². The number of carbonyl (C=O) groups excluding carboxylic acids is 3. The molecule has 40 heavy (non-hydrogen) atoms. The number of aromatic hydroxyl groups is 1. The number of rotatable bonds is 12. The molecule has 4 N–H and O–H groups in total. The van der Waals surface area contributed by atoms with Crippen molar-refractivity contribution in [1.29, 1.82) is 0 Å². The second-order valence-corrected chi connectivity index (χ2v) is 11.3. The summed E-state index contributed by atoms with van der Waals surface area (Å²) in [6.45, 7) is 12.5. The lowest BCUT2D eigenvalue weighted by Gasteiger charge is -2.35. The van der Waals surface area contributed by atoms with Crippen molar-refractivity contribution in [2.45, 2.75) is 91.5 Å². The number of aliphatic hydroxyl groups excluding tert-OH is 1. The lowest BCUT2D eigenvalue weighted by atomic mass is 9.97. The highest BCUT2D eigenvalue weighted by atomic mass is 16.6. The van der Waals surface area contributed by atoms with E-state index >= 15 is 0 Å². The zero-order valence-corrected chi connectivity index (χ0v) is 24.8. The maximum absolute atomic E-state index is 14.2. The molecule has 3 atom stereocenters. The molecule has 0 saturated carbocycles. The minimum absolute atomic E-state index is 0.0707. The quantitative estimate of drug-likeness (QED) is 0.309. The Hall–Kier alpha value is -3.59. The van der Waals surface area contributed by atoms with E-state index in [1.807, 2.05) is 45.9 Å². The Morgan fingerprint density at radius 3 is 2.20 bits per heavy atom. The number of alkyl carbamates (subject to hydrolysis) is 1. The molecule has 0 spiro atoms. The summed E-state index contributed by atoms with van der Waals surface area (Å²) in [5, 5.41) is 25.4. The molecular formula is C31H45N3O6. The molecule has 2 rings (SSSR count). The van der Waals surface area contributed by atoms with Gasteiger partial charge in [0.2, 0.25) is 11.8 Å². The summed E-state index contributed by atoms with van der Waals surface area (Å²) in [6, 6.07) is 9.61. The summed E-state index contributed by atoms with van der Waals surface area (Å²) in [6.07, 6.45) is 0.942. The van der Waals surface area contributed by atoms with Gasteiger partial charge < -0.3 is 30.5 Å². The van der Waals surface area contributed by atoms with Crippen molar-refractivity contribution in [2.75, 3.05) is 13.2 Å². The Morgan fingerprint density at radius 1 is 1.00 bits per heavy atom. The first-order chi connectivity index (χ1) is 18.7. The van der Waals surface area contributed by atoms with Crippen LogP contribution < -0.4 is 10.6 Å². The van der Waals surface area contributed by atoms with Gasteiger partial charge in [0, 0.05) is 19.0 Å². The van der Waals surface area contributed by atoms with Crippen LogP contribution in [-0.2, 0) is 20.7 Å². The number of ether oxygens (including phenoxy) is 1. The van der Waals surface area contributed by atoms with Gasteiger partial charge in [-0.3, -0.25) is 9.59 Å². The van der Waals surface area contributed by atoms with Gasteiger partial charge in [0.15, 0.2) is 0 Å². The first-order valence-corrected chi connectivity index (χ1v) is 13.8. The zero-order chi connectivity index (χ0) is 30.0. The average molecular weight is 556 g/mol. The normalized spacial score (nSPS) is 13.6. The van der Waals surface area contributed by atoms with E-state index in [1.165, 1.54) is 17.0 Å². The third-order valence-electron chi connectivity index (χ3n) is 6.51. The molecule has 0 bridgehead atoms. The summed E-state index contributed by atoms with van der Waals surface area (Å²) < 4.78 is 5.43. The van der Waals surface area contributed by atoms with Gasteiger partial charge >= 0.3 is 6.09 Å². The first kappa shape index (κ1) is 32.6. The number of nitrogens with zero attached hydrogens (tertiary/aromatic N) is 1. The number of phenolic OH excluding ortho intramolecular Hbond substituents is 1. The number of amides is 3. The van der Waals surface area contributed by atoms with E-state index in [0.717, 1.165) is 24.0 Å². The highest BCUT2D eigenvalue weighted by Gasteiger charge is 2.36. The molecule has 0 heterocycles. The second kappa shape index (κ2) is 14.7. The molecule has 9 nitrogen and oxygen atoms in total. The molecule has 3 unspecified atom stereocenters. The van der Waals surface area contributed by atoms with Crippen molar-refractivity contribution in [3.05, 3.63) is 64.7 Å². The van der Waals surface area contributed by atoms with Crippen LogP contribution in [0.2, 0.25) is 0 Å². The summed E-state index contributed by atoms with van der Waals surface area (Å²) in [5.41, 5.74) is 2.49. The lowest BCUT2D eigenvalue weighted by molar-refractivity contribution is -0.143. The highest BCUT2D eigenvalue weighted by molar-refractivity contribution is 5.92. The fraction of sp³-hybridized carbons (Fsp3) is 0.516. The topological polar surface area (TPSA) is 128 Å². The van der Waals surface area contributed by atoms with Crippen LogP contribution in [-0.4, -0.2) is 63.9 Å². The SMILES string of the molecule is CCCC(C)NC(=O)C(c1ccc(C)c(C)c1)N(CCO)C(=O)C(Cc1ccc(O)cc1)NC(=O)OC(C)(C)C. The second-order valence-electron chi connectivity index (χ2n) is 11.3. The van der Waals surface area contributed by atoms with Gasteiger partial charge in [0.05, 0.1) is 6.61 Å². The molecule has 0 radical (unpaired) electrons. The summed E-state index contributed by atoms with van der Waals surface area (Å²) in [5.74, 6) is -0.845. The molecule has 220 valence electrons. The van der Waals surface area contributed by atoms with Crippen molar-refractivity contribution in [3.63, 3.8) is 0 Å². The Kier molecular flexibility index (Phi) is 12.0. The summed E-state index contributed by atoms with van der Waals surface area (Å²) in [7, 11) is 0. The largest absolute Gasteiger partial charge is 0.508 e. The molecule has 0 aliphatic rings. The number of hydrogen-bond donors (Lipinski definition) is 4. The Morgan fingerprint density at radius 2 is 1.65 bits per heavy atom. The maximum Gasteiger partial charge on any atom is 0.408 e. The smallest absolute Gasteiger partial charge is 0.408 e. The number of benzene rings is 2. The van der Waals surface area contributed by atoms with Gasteiger partial charge in [-0.1, -0.05) is 43.7 Å². The third kappa shape index (κ3) is 9.86. The van der Waals surface area contributed by atoms with E-state index in [0.29, 0.717) is 11.1 Å². The van der Waals surface area contributed by atoms with E-state index in [2.05, 4.69) is 10.6 Å². The molecule has 0 saturated heterocycles. The van der Waals surface area contributed by atoms with Crippen molar-refractivity contribution < 1.29 is 29.3 Å². The number of nitrogens with one attached hydrogen (secondary N) is 2. The number of phenols is 1. The zero-order valence-electron chi connectivity index (χ0n) is 24.8. The number of aryl methyl sites for hydroxylation is 2. The molecule has 0 aliphatic heterocycles. The fourth-order valence-corrected chi connectivity index (χ4v) is 4.43. The van der Waals surface area contributed by atoms with Crippen molar-refractivity contribution in [3.8, 4) is 5.75 Å². The van der Waals surface area contributed by atoms with Crippen LogP contribution >= 0.6 is 0 Å². The first-order valence-electron chi connectivity index (χ1n) is 13.8. The lowest BCUT2D eigenvalue weighted by Crippen LogP contribution is -2.55. The van der Waals surface area contributed by atoms with Crippen molar-refractivity contribution in [1.82, 2.24) is 15.5 Å². The van der Waals surface area contributed by atoms with E-state index < -0.39 is 29.7 Å². The van der Waals surface area contributed by atoms with E-state index in [-0.39, 0.29) is 37.3 Å². The number of hydrogen-bond acceptors (Lipinski definition) is 6. The third-order valence-corrected chi connectivity index (χ3v) is 6.51. The maximum atomic E-state index is 14.2. The van der Waals surface area contributed by atoms with Gasteiger partial charge in [-0.05, 0) is 82.3 Å². The monoisotopic (exact) mass is 555 g/mol. The van der Waals surface area contributed by atoms with Crippen molar-refractivity contribution in [2.24, 2.45) is 0 Å². The molecule has 0 aromatic heterocycles. The molecule has 2 aromatic rings. The molecule has 0 fully saturated rings. The minimum atomic E-state index is -1.11. The van der Waals surface area contributed by atoms with Crippen LogP contribution in [0.1, 0.15) is 75.8 Å². The molecule has 0 aliphatic carbocycles. The van der Waals surface area contributed by atoms with E-state index in [9.17, 15) is 24.6 Å². The van der Waals surface area contributed by atoms with Crippen LogP contribution in [0.15, 0.2) is 42.5 Å². The minimum Gasteiger partial charge on any atom is -0.508 e. The molecule has 2 aromatic carbocycles. The van der Waals surface area contributed by atoms with Crippen LogP contribution in [0.25, 0.3) is 0 Å². The number of carbonyl (C=O) groups is 3. The van der Waals surface area contributed by atoms with Gasteiger partial charge in [-0.2, -0.15) is 0 Å². The fourth-order valence-electron chi connectivity index (χ4n) is 4.43. The van der Waals surface area contributed by atoms with Crippen LogP contribution in [0, 0.1) is 13.8 Å². The molecule has 3 amide bonds. The summed E-state index contributed by atoms with van der Waals surface area (Å²) in [4.78, 5) is 42.1. The molecular weight excluding hydrogens is 510 g/mol. The van der Waals surface area contributed by atoms with Crippen LogP contribution in [0.5, 0.6) is 5.75 Å². The van der Waals surface area contributed by atoms with E-state index in [1.54, 1.807) is 32.9 Å². The highest BCUT2D eigenvalue weighted by Crippen LogP contribution is 2.26. The predicted molar refractivity (Wildman–Crippen MR) is 155 cm³/mol. The Labute approximate surface area is 237 Å². The Bertz CT molecular complexity index is 1140. The van der Waals surface area contributed by atoms with Gasteiger partial charge in [-0.15, -0.1) is 0 Å². The van der Waals surface area contributed by atoms with Crippen molar-refractivity contribution >= 4 is 17.9 Å².